The standard InChI is InChI=1S/C42H46N4O4/c1-9-45(29-15-11-27(7)12-16-29)31-19-21-33(35(23-31)43-41(49)25(3)4)37-39(47)38(40(37)48)34-22-20-32(24-36(34)44-42(50)26(5)6)46(10-2)30-17-13-28(8)14-18-30/h11-26H,9-10H2,1-8H3,(H2,43,44,47,48,49,50). The number of carbonyl (C=O) groups is 3. The van der Waals surface area contributed by atoms with Gasteiger partial charge in [-0.15, -0.1) is 0 Å². The maximum atomic E-state index is 14.0. The van der Waals surface area contributed by atoms with Crippen LogP contribution in [0.5, 0.6) is 0 Å². The van der Waals surface area contributed by atoms with E-state index < -0.39 is 11.5 Å². The van der Waals surface area contributed by atoms with Gasteiger partial charge in [-0.05, 0) is 58.0 Å². The van der Waals surface area contributed by atoms with Crippen LogP contribution in [-0.2, 0) is 14.4 Å². The third-order valence-electron chi connectivity index (χ3n) is 8.96. The van der Waals surface area contributed by atoms with Gasteiger partial charge in [0.05, 0.1) is 11.4 Å². The van der Waals surface area contributed by atoms with Crippen LogP contribution in [0.3, 0.4) is 0 Å². The topological polar surface area (TPSA) is 105 Å². The number of allylic oxidation sites excluding steroid dienone is 5. The summed E-state index contributed by atoms with van der Waals surface area (Å²) in [6, 6.07) is 21.7. The van der Waals surface area contributed by atoms with Crippen molar-refractivity contribution < 1.29 is 24.1 Å². The predicted molar refractivity (Wildman–Crippen MR) is 200 cm³/mol. The Morgan fingerprint density at radius 2 is 1.36 bits per heavy atom. The van der Waals surface area contributed by atoms with Crippen LogP contribution in [0, 0.1) is 25.7 Å². The highest BCUT2D eigenvalue weighted by molar-refractivity contribution is 6.40. The monoisotopic (exact) mass is 670 g/mol. The van der Waals surface area contributed by atoms with Gasteiger partial charge in [0.25, 0.3) is 0 Å². The number of benzene rings is 3. The average molecular weight is 671 g/mol. The second-order valence-corrected chi connectivity index (χ2v) is 13.3. The van der Waals surface area contributed by atoms with Gasteiger partial charge in [0.2, 0.25) is 23.2 Å². The summed E-state index contributed by atoms with van der Waals surface area (Å²) in [5.74, 6) is -1.97. The molecule has 0 bridgehead atoms. The molecule has 2 aliphatic rings. The first-order valence-electron chi connectivity index (χ1n) is 17.3. The van der Waals surface area contributed by atoms with Crippen molar-refractivity contribution in [3.63, 3.8) is 0 Å². The molecule has 2 aliphatic carbocycles. The Balaban J connectivity index is 1.62. The molecule has 0 spiro atoms. The summed E-state index contributed by atoms with van der Waals surface area (Å²) in [5, 5.41) is 20.0. The van der Waals surface area contributed by atoms with Gasteiger partial charge in [-0.1, -0.05) is 74.9 Å². The molecular formula is C42H46N4O4. The van der Waals surface area contributed by atoms with Crippen LogP contribution in [-0.4, -0.2) is 41.0 Å². The molecule has 0 saturated carbocycles. The molecular weight excluding hydrogens is 624 g/mol. The van der Waals surface area contributed by atoms with Crippen molar-refractivity contribution >= 4 is 51.6 Å². The minimum absolute atomic E-state index is 0.00374. The molecule has 0 fully saturated rings. The van der Waals surface area contributed by atoms with Gasteiger partial charge < -0.3 is 20.6 Å². The van der Waals surface area contributed by atoms with Gasteiger partial charge in [0.15, 0.2) is 5.78 Å². The fraction of sp³-hybridized carbons (Fsp3) is 0.286. The first-order chi connectivity index (χ1) is 23.8. The van der Waals surface area contributed by atoms with E-state index in [-0.39, 0.29) is 34.8 Å². The molecule has 0 aromatic heterocycles. The molecule has 258 valence electrons. The van der Waals surface area contributed by atoms with Crippen molar-refractivity contribution in [2.75, 3.05) is 23.3 Å². The van der Waals surface area contributed by atoms with Crippen molar-refractivity contribution in [1.29, 1.82) is 0 Å². The minimum Gasteiger partial charge on any atom is -0.871 e. The van der Waals surface area contributed by atoms with Gasteiger partial charge in [-0.3, -0.25) is 14.4 Å². The summed E-state index contributed by atoms with van der Waals surface area (Å²) in [6.45, 7) is 16.6. The zero-order valence-corrected chi connectivity index (χ0v) is 30.2. The lowest BCUT2D eigenvalue weighted by atomic mass is 9.78. The highest BCUT2D eigenvalue weighted by Gasteiger charge is 2.35. The minimum atomic E-state index is -0.438. The largest absolute Gasteiger partial charge is 0.871 e. The Morgan fingerprint density at radius 1 is 0.780 bits per heavy atom. The van der Waals surface area contributed by atoms with E-state index in [4.69, 9.17) is 0 Å². The number of Topliss-reactive ketones (excluding diaryl/α,β-unsaturated/α-hetero) is 1. The summed E-state index contributed by atoms with van der Waals surface area (Å²) in [4.78, 5) is 42.1. The Morgan fingerprint density at radius 3 is 1.92 bits per heavy atom. The van der Waals surface area contributed by atoms with Crippen LogP contribution in [0.1, 0.15) is 58.2 Å². The average Bonchev–Trinajstić information content (AvgIpc) is 3.09. The molecule has 0 aliphatic heterocycles. The van der Waals surface area contributed by atoms with E-state index in [1.165, 1.54) is 0 Å². The number of aryl methyl sites for hydroxylation is 2. The van der Waals surface area contributed by atoms with Gasteiger partial charge in [-0.25, -0.2) is 0 Å². The third-order valence-corrected chi connectivity index (χ3v) is 8.96. The van der Waals surface area contributed by atoms with Gasteiger partial charge >= 0.3 is 0 Å². The van der Waals surface area contributed by atoms with Crippen LogP contribution in [0.2, 0.25) is 0 Å². The van der Waals surface area contributed by atoms with E-state index in [2.05, 4.69) is 20.1 Å². The Hall–Kier alpha value is -5.50. The molecule has 8 nitrogen and oxygen atoms in total. The van der Waals surface area contributed by atoms with Crippen molar-refractivity contribution in [3.05, 3.63) is 124 Å². The molecule has 8 heteroatoms. The fourth-order valence-electron chi connectivity index (χ4n) is 5.96. The normalized spacial score (nSPS) is 16.8. The lowest BCUT2D eigenvalue weighted by molar-refractivity contribution is -0.434. The van der Waals surface area contributed by atoms with E-state index in [0.717, 1.165) is 33.9 Å². The number of rotatable bonds is 10. The molecule has 2 amide bonds. The van der Waals surface area contributed by atoms with Crippen LogP contribution in [0.25, 0.3) is 5.57 Å². The first-order valence-corrected chi connectivity index (χ1v) is 17.3. The highest BCUT2D eigenvalue weighted by Crippen LogP contribution is 2.43. The molecule has 0 atom stereocenters. The lowest BCUT2D eigenvalue weighted by Gasteiger charge is -2.35. The molecule has 0 heterocycles. The molecule has 0 saturated heterocycles. The number of ketones is 1. The van der Waals surface area contributed by atoms with E-state index in [1.807, 2.05) is 101 Å². The fourth-order valence-corrected chi connectivity index (χ4v) is 5.96. The van der Waals surface area contributed by atoms with Crippen LogP contribution in [0.15, 0.2) is 108 Å². The third kappa shape index (κ3) is 7.25. The molecule has 50 heavy (non-hydrogen) atoms. The van der Waals surface area contributed by atoms with Crippen LogP contribution < -0.4 is 20.6 Å². The number of anilines is 3. The first kappa shape index (κ1) is 35.8. The Bertz CT molecular complexity index is 1990. The van der Waals surface area contributed by atoms with Gasteiger partial charge in [-0.2, -0.15) is 4.58 Å². The summed E-state index contributed by atoms with van der Waals surface area (Å²) >= 11 is 0. The molecule has 0 radical (unpaired) electrons. The molecule has 5 rings (SSSR count). The maximum absolute atomic E-state index is 14.0. The SMILES string of the molecule is CCN(c1ccc(C)cc1)c1ccc(C2=C([O-])/C(=C3/C=CC(=[N+](CC)c4ccc(C)cc4)C=C3NC(=O)C(C)C)C2=O)c(NC(=O)C(C)C)c1. The summed E-state index contributed by atoms with van der Waals surface area (Å²) in [5.41, 5.74) is 7.39. The van der Waals surface area contributed by atoms with Crippen LogP contribution >= 0.6 is 0 Å². The van der Waals surface area contributed by atoms with Crippen molar-refractivity contribution in [1.82, 2.24) is 5.32 Å². The second-order valence-electron chi connectivity index (χ2n) is 13.3. The molecule has 3 aromatic rings. The number of nitrogens with one attached hydrogen (secondary N) is 2. The second kappa shape index (κ2) is 14.9. The number of nitrogens with zero attached hydrogens (tertiary/aromatic N) is 2. The molecule has 2 N–H and O–H groups in total. The maximum Gasteiger partial charge on any atom is 0.226 e. The Labute approximate surface area is 295 Å². The Kier molecular flexibility index (Phi) is 10.7. The number of carbonyl (C=O) groups excluding carboxylic acids is 3. The van der Waals surface area contributed by atoms with E-state index in [9.17, 15) is 19.5 Å². The molecule has 0 unspecified atom stereocenters. The highest BCUT2D eigenvalue weighted by atomic mass is 16.3. The zero-order valence-electron chi connectivity index (χ0n) is 30.2. The van der Waals surface area contributed by atoms with Gasteiger partial charge in [0.1, 0.15) is 6.54 Å². The smallest absolute Gasteiger partial charge is 0.226 e. The lowest BCUT2D eigenvalue weighted by Crippen LogP contribution is -2.35. The molecule has 3 aromatic carbocycles. The van der Waals surface area contributed by atoms with E-state index in [1.54, 1.807) is 39.8 Å². The summed E-state index contributed by atoms with van der Waals surface area (Å²) < 4.78 is 2.10. The van der Waals surface area contributed by atoms with E-state index in [0.29, 0.717) is 35.6 Å². The van der Waals surface area contributed by atoms with Crippen LogP contribution in [0.4, 0.5) is 22.7 Å². The zero-order chi connectivity index (χ0) is 36.3. The number of hydrogen-bond acceptors (Lipinski definition) is 5. The van der Waals surface area contributed by atoms with Crippen molar-refractivity contribution in [2.24, 2.45) is 11.8 Å². The van der Waals surface area contributed by atoms with Crippen molar-refractivity contribution in [2.45, 2.75) is 55.4 Å². The quantitative estimate of drug-likeness (QED) is 0.178. The van der Waals surface area contributed by atoms with Crippen molar-refractivity contribution in [3.8, 4) is 0 Å². The number of hydrogen-bond donors (Lipinski definition) is 2. The number of amides is 2. The predicted octanol–water partition coefficient (Wildman–Crippen LogP) is 7.04. The van der Waals surface area contributed by atoms with E-state index >= 15 is 0 Å². The van der Waals surface area contributed by atoms with Gasteiger partial charge in [0, 0.05) is 76.3 Å². The summed E-state index contributed by atoms with van der Waals surface area (Å²) in [7, 11) is 0. The summed E-state index contributed by atoms with van der Waals surface area (Å²) in [6.07, 6.45) is 5.41.